The maximum absolute atomic E-state index is 11.8. The Morgan fingerprint density at radius 1 is 1.75 bits per heavy atom. The van der Waals surface area contributed by atoms with Crippen LogP contribution in [0.4, 0.5) is 0 Å². The summed E-state index contributed by atoms with van der Waals surface area (Å²) in [5, 5.41) is 0. The number of pyridine rings is 1. The molecule has 82 valence electrons. The first-order valence-electron chi connectivity index (χ1n) is 4.52. The Balaban J connectivity index is 3.44. The third kappa shape index (κ3) is 2.20. The predicted molar refractivity (Wildman–Crippen MR) is 61.0 cm³/mol. The van der Waals surface area contributed by atoms with E-state index in [1.807, 2.05) is 0 Å². The Morgan fingerprint density at radius 3 is 2.94 bits per heavy atom. The number of ether oxygens (including phenoxy) is 1. The van der Waals surface area contributed by atoms with Crippen LogP contribution in [0.5, 0.6) is 0 Å². The average Bonchev–Trinajstić information content (AvgIpc) is 2.31. The average molecular weight is 217 g/mol. The minimum Gasteiger partial charge on any atom is -0.465 e. The second-order valence-electron chi connectivity index (χ2n) is 3.02. The second kappa shape index (κ2) is 4.99. The van der Waals surface area contributed by atoms with Crippen molar-refractivity contribution in [2.45, 2.75) is 6.54 Å². The molecule has 0 saturated carbocycles. The monoisotopic (exact) mass is 217 g/mol. The maximum atomic E-state index is 11.8. The molecule has 0 fully saturated rings. The summed E-state index contributed by atoms with van der Waals surface area (Å²) >= 11 is 0. The summed E-state index contributed by atoms with van der Waals surface area (Å²) in [6.45, 7) is 3.67. The molecule has 0 unspecified atom stereocenters. The highest BCUT2D eigenvalue weighted by Crippen LogP contribution is 2.03. The third-order valence-corrected chi connectivity index (χ3v) is 2.01. The van der Waals surface area contributed by atoms with E-state index in [1.165, 1.54) is 23.8 Å². The van der Waals surface area contributed by atoms with Crippen LogP contribution in [0.3, 0.4) is 0 Å². The molecular formula is C12H11NO3. The quantitative estimate of drug-likeness (QED) is 0.558. The van der Waals surface area contributed by atoms with Crippen LogP contribution >= 0.6 is 0 Å². The Hall–Kier alpha value is -2.28. The molecule has 1 aromatic heterocycles. The number of carbonyl (C=O) groups excluding carboxylic acids is 1. The number of terminal acetylenes is 1. The van der Waals surface area contributed by atoms with E-state index in [9.17, 15) is 9.59 Å². The summed E-state index contributed by atoms with van der Waals surface area (Å²) in [6.07, 6.45) is 8.20. The first-order chi connectivity index (χ1) is 7.63. The van der Waals surface area contributed by atoms with Gasteiger partial charge in [-0.25, -0.2) is 4.79 Å². The fraction of sp³-hybridized carbons (Fsp3) is 0.167. The molecule has 1 rings (SSSR count). The van der Waals surface area contributed by atoms with Crippen molar-refractivity contribution >= 4 is 12.0 Å². The number of hydrogen-bond donors (Lipinski definition) is 0. The van der Waals surface area contributed by atoms with Crippen molar-refractivity contribution < 1.29 is 9.53 Å². The summed E-state index contributed by atoms with van der Waals surface area (Å²) in [7, 11) is 1.22. The number of carbonyl (C=O) groups is 1. The first-order valence-corrected chi connectivity index (χ1v) is 4.52. The van der Waals surface area contributed by atoms with Gasteiger partial charge in [0.1, 0.15) is 5.56 Å². The highest BCUT2D eigenvalue weighted by Gasteiger charge is 2.13. The van der Waals surface area contributed by atoms with Gasteiger partial charge in [-0.15, -0.1) is 6.42 Å². The largest absolute Gasteiger partial charge is 0.465 e. The van der Waals surface area contributed by atoms with Gasteiger partial charge in [-0.05, 0) is 11.6 Å². The van der Waals surface area contributed by atoms with E-state index in [0.717, 1.165) is 0 Å². The fourth-order valence-corrected chi connectivity index (χ4v) is 1.24. The van der Waals surface area contributed by atoms with Crippen LogP contribution in [0.25, 0.3) is 6.08 Å². The van der Waals surface area contributed by atoms with Crippen LogP contribution in [0.15, 0.2) is 23.6 Å². The van der Waals surface area contributed by atoms with Crippen LogP contribution in [0.2, 0.25) is 0 Å². The summed E-state index contributed by atoms with van der Waals surface area (Å²) < 4.78 is 5.78. The molecule has 0 atom stereocenters. The van der Waals surface area contributed by atoms with Gasteiger partial charge in [-0.2, -0.15) is 0 Å². The van der Waals surface area contributed by atoms with E-state index in [2.05, 4.69) is 17.2 Å². The molecule has 4 nitrogen and oxygen atoms in total. The minimum atomic E-state index is -0.681. The lowest BCUT2D eigenvalue weighted by molar-refractivity contribution is 0.0598. The molecule has 0 spiro atoms. The normalized spacial score (nSPS) is 9.25. The summed E-state index contributed by atoms with van der Waals surface area (Å²) in [4.78, 5) is 23.1. The lowest BCUT2D eigenvalue weighted by Crippen LogP contribution is -2.26. The maximum Gasteiger partial charge on any atom is 0.343 e. The summed E-state index contributed by atoms with van der Waals surface area (Å²) in [5.41, 5.74) is 0.126. The Labute approximate surface area is 93.2 Å². The number of nitrogens with zero attached hydrogens (tertiary/aromatic N) is 1. The van der Waals surface area contributed by atoms with Crippen molar-refractivity contribution in [1.82, 2.24) is 4.57 Å². The van der Waals surface area contributed by atoms with Gasteiger partial charge in [0.05, 0.1) is 13.7 Å². The highest BCUT2D eigenvalue weighted by molar-refractivity contribution is 5.89. The zero-order chi connectivity index (χ0) is 12.1. The first kappa shape index (κ1) is 11.8. The fourth-order valence-electron chi connectivity index (χ4n) is 1.24. The van der Waals surface area contributed by atoms with Crippen LogP contribution < -0.4 is 5.56 Å². The zero-order valence-electron chi connectivity index (χ0n) is 8.90. The minimum absolute atomic E-state index is 0.0462. The number of methoxy groups -OCH3 is 1. The van der Waals surface area contributed by atoms with Gasteiger partial charge >= 0.3 is 5.97 Å². The van der Waals surface area contributed by atoms with Gasteiger partial charge in [0.25, 0.3) is 5.56 Å². The van der Waals surface area contributed by atoms with Crippen LogP contribution in [0, 0.1) is 12.3 Å². The molecule has 0 bridgehead atoms. The number of rotatable bonds is 3. The van der Waals surface area contributed by atoms with Crippen LogP contribution in [-0.4, -0.2) is 17.6 Å². The van der Waals surface area contributed by atoms with Crippen molar-refractivity contribution in [1.29, 1.82) is 0 Å². The lowest BCUT2D eigenvalue weighted by Gasteiger charge is -2.06. The smallest absolute Gasteiger partial charge is 0.343 e. The summed E-state index contributed by atoms with van der Waals surface area (Å²) in [5.74, 6) is 1.66. The van der Waals surface area contributed by atoms with E-state index in [1.54, 1.807) is 6.20 Å². The topological polar surface area (TPSA) is 48.3 Å². The molecule has 1 aromatic rings. The number of hydrogen-bond acceptors (Lipinski definition) is 3. The molecule has 1 heterocycles. The molecule has 16 heavy (non-hydrogen) atoms. The standard InChI is InChI=1S/C12H11NO3/c1-4-6-13-8-9(5-2)7-10(11(13)14)12(15)16-3/h1,5,7-8H,2,6H2,3H3. The Morgan fingerprint density at radius 2 is 2.44 bits per heavy atom. The van der Waals surface area contributed by atoms with E-state index in [-0.39, 0.29) is 12.1 Å². The zero-order valence-corrected chi connectivity index (χ0v) is 8.90. The van der Waals surface area contributed by atoms with Gasteiger partial charge in [0.15, 0.2) is 0 Å². The van der Waals surface area contributed by atoms with E-state index < -0.39 is 11.5 Å². The third-order valence-electron chi connectivity index (χ3n) is 2.01. The summed E-state index contributed by atoms with van der Waals surface area (Å²) in [6, 6.07) is 1.42. The molecule has 0 saturated heterocycles. The molecule has 4 heteroatoms. The van der Waals surface area contributed by atoms with Gasteiger partial charge in [-0.1, -0.05) is 18.6 Å². The Kier molecular flexibility index (Phi) is 3.67. The van der Waals surface area contributed by atoms with Crippen molar-refractivity contribution in [2.24, 2.45) is 0 Å². The van der Waals surface area contributed by atoms with Crippen molar-refractivity contribution in [3.8, 4) is 12.3 Å². The highest BCUT2D eigenvalue weighted by atomic mass is 16.5. The molecule has 0 aromatic carbocycles. The molecule has 0 radical (unpaired) electrons. The number of esters is 1. The molecule has 0 amide bonds. The Bertz CT molecular complexity index is 520. The predicted octanol–water partition coefficient (Wildman–Crippen LogP) is 0.911. The molecule has 0 aliphatic carbocycles. The van der Waals surface area contributed by atoms with Crippen LogP contribution in [0.1, 0.15) is 15.9 Å². The molecule has 0 N–H and O–H groups in total. The van der Waals surface area contributed by atoms with Gasteiger partial charge in [0.2, 0.25) is 0 Å². The van der Waals surface area contributed by atoms with Crippen molar-refractivity contribution in [2.75, 3.05) is 7.11 Å². The molecular weight excluding hydrogens is 206 g/mol. The molecule has 0 aliphatic heterocycles. The van der Waals surface area contributed by atoms with Crippen LogP contribution in [-0.2, 0) is 11.3 Å². The van der Waals surface area contributed by atoms with E-state index >= 15 is 0 Å². The molecule has 0 aliphatic rings. The second-order valence-corrected chi connectivity index (χ2v) is 3.02. The van der Waals surface area contributed by atoms with Crippen molar-refractivity contribution in [3.63, 3.8) is 0 Å². The van der Waals surface area contributed by atoms with E-state index in [0.29, 0.717) is 5.56 Å². The van der Waals surface area contributed by atoms with Gasteiger partial charge in [-0.3, -0.25) is 4.79 Å². The SMILES string of the molecule is C#CCn1cc(C=C)cc(C(=O)OC)c1=O. The van der Waals surface area contributed by atoms with Gasteiger partial charge < -0.3 is 9.30 Å². The lowest BCUT2D eigenvalue weighted by atomic mass is 10.2. The van der Waals surface area contributed by atoms with Gasteiger partial charge in [0, 0.05) is 6.20 Å². The van der Waals surface area contributed by atoms with Crippen molar-refractivity contribution in [3.05, 3.63) is 40.3 Å². The number of aromatic nitrogens is 1. The van der Waals surface area contributed by atoms with E-state index in [4.69, 9.17) is 6.42 Å².